The Morgan fingerprint density at radius 1 is 1.08 bits per heavy atom. The summed E-state index contributed by atoms with van der Waals surface area (Å²) in [5, 5.41) is 12.7. The van der Waals surface area contributed by atoms with E-state index in [-0.39, 0.29) is 18.9 Å². The van der Waals surface area contributed by atoms with Crippen molar-refractivity contribution in [2.75, 3.05) is 39.3 Å². The van der Waals surface area contributed by atoms with E-state index in [4.69, 9.17) is 4.74 Å². The number of carboxylic acids is 1. The number of benzene rings is 2. The highest BCUT2D eigenvalue weighted by Crippen LogP contribution is 2.20. The summed E-state index contributed by atoms with van der Waals surface area (Å²) in [6.07, 6.45) is 0.0638. The van der Waals surface area contributed by atoms with E-state index in [1.54, 1.807) is 4.90 Å². The topological polar surface area (TPSA) is 74.1 Å². The van der Waals surface area contributed by atoms with Crippen molar-refractivity contribution in [3.8, 4) is 5.75 Å². The number of amides is 1. The smallest absolute Gasteiger partial charge is 0.260 e. The van der Waals surface area contributed by atoms with Gasteiger partial charge in [-0.1, -0.05) is 30.3 Å². The van der Waals surface area contributed by atoms with Gasteiger partial charge in [-0.15, -0.1) is 0 Å². The number of nitrogens with zero attached hydrogens (tertiary/aromatic N) is 1. The molecule has 132 valence electrons. The molecule has 1 fully saturated rings. The van der Waals surface area contributed by atoms with Gasteiger partial charge in [-0.2, -0.15) is 0 Å². The molecule has 0 aromatic heterocycles. The van der Waals surface area contributed by atoms with E-state index >= 15 is 0 Å². The third-order valence-corrected chi connectivity index (χ3v) is 4.59. The highest BCUT2D eigenvalue weighted by molar-refractivity contribution is 5.84. The van der Waals surface area contributed by atoms with Crippen LogP contribution in [-0.4, -0.2) is 56.1 Å². The molecule has 1 saturated heterocycles. The van der Waals surface area contributed by atoms with Crippen molar-refractivity contribution in [1.82, 2.24) is 4.90 Å². The molecule has 0 aliphatic carbocycles. The number of hydrogen-bond acceptors (Lipinski definition) is 4. The summed E-state index contributed by atoms with van der Waals surface area (Å²) in [5.41, 5.74) is 0. The Morgan fingerprint density at radius 2 is 1.80 bits per heavy atom. The van der Waals surface area contributed by atoms with Crippen LogP contribution in [0, 0.1) is 0 Å². The van der Waals surface area contributed by atoms with Crippen molar-refractivity contribution >= 4 is 22.6 Å². The van der Waals surface area contributed by atoms with Crippen LogP contribution in [0.3, 0.4) is 0 Å². The van der Waals surface area contributed by atoms with Gasteiger partial charge < -0.3 is 24.4 Å². The number of piperazine rings is 1. The summed E-state index contributed by atoms with van der Waals surface area (Å²) in [6, 6.07) is 13.8. The first kappa shape index (κ1) is 17.2. The van der Waals surface area contributed by atoms with Crippen LogP contribution in [0.1, 0.15) is 6.42 Å². The molecule has 1 N–H and O–H groups in total. The molecule has 1 heterocycles. The number of carbonyl (C=O) groups is 2. The predicted octanol–water partition coefficient (Wildman–Crippen LogP) is -0.914. The minimum Gasteiger partial charge on any atom is -0.550 e. The monoisotopic (exact) mass is 342 g/mol. The number of rotatable bonds is 6. The third kappa shape index (κ3) is 4.70. The Morgan fingerprint density at radius 3 is 2.52 bits per heavy atom. The molecule has 0 unspecified atom stereocenters. The number of carboxylic acid groups (broad SMARTS) is 1. The van der Waals surface area contributed by atoms with Crippen LogP contribution in [-0.2, 0) is 9.59 Å². The molecular weight excluding hydrogens is 320 g/mol. The van der Waals surface area contributed by atoms with Gasteiger partial charge in [0.25, 0.3) is 5.91 Å². The molecule has 0 atom stereocenters. The minimum absolute atomic E-state index is 0.0206. The van der Waals surface area contributed by atoms with E-state index in [1.807, 2.05) is 42.5 Å². The maximum atomic E-state index is 12.3. The molecule has 6 heteroatoms. The van der Waals surface area contributed by atoms with Gasteiger partial charge in [0.05, 0.1) is 32.7 Å². The first-order valence-corrected chi connectivity index (χ1v) is 8.54. The van der Waals surface area contributed by atoms with Crippen LogP contribution in [0.15, 0.2) is 42.5 Å². The van der Waals surface area contributed by atoms with Crippen LogP contribution < -0.4 is 14.7 Å². The van der Waals surface area contributed by atoms with E-state index < -0.39 is 5.97 Å². The summed E-state index contributed by atoms with van der Waals surface area (Å²) in [7, 11) is 0. The lowest BCUT2D eigenvalue weighted by atomic mass is 10.1. The molecule has 0 bridgehead atoms. The van der Waals surface area contributed by atoms with Crippen molar-refractivity contribution in [3.63, 3.8) is 0 Å². The second-order valence-corrected chi connectivity index (χ2v) is 6.30. The van der Waals surface area contributed by atoms with Crippen molar-refractivity contribution in [1.29, 1.82) is 0 Å². The van der Waals surface area contributed by atoms with Crippen molar-refractivity contribution in [2.24, 2.45) is 0 Å². The second kappa shape index (κ2) is 7.98. The van der Waals surface area contributed by atoms with Crippen LogP contribution in [0.2, 0.25) is 0 Å². The maximum Gasteiger partial charge on any atom is 0.260 e. The fourth-order valence-electron chi connectivity index (χ4n) is 3.09. The molecule has 0 spiro atoms. The number of aliphatic carboxylic acids is 1. The fraction of sp³-hybridized carbons (Fsp3) is 0.368. The molecule has 3 rings (SSSR count). The van der Waals surface area contributed by atoms with Gasteiger partial charge in [0.15, 0.2) is 6.61 Å². The average Bonchev–Trinajstić information content (AvgIpc) is 2.64. The predicted molar refractivity (Wildman–Crippen MR) is 91.2 cm³/mol. The number of nitrogens with one attached hydrogen (secondary N) is 1. The summed E-state index contributed by atoms with van der Waals surface area (Å²) in [5.74, 6) is -0.368. The average molecular weight is 342 g/mol. The Balaban J connectivity index is 1.47. The molecule has 1 amide bonds. The summed E-state index contributed by atoms with van der Waals surface area (Å²) >= 11 is 0. The quantitative estimate of drug-likeness (QED) is 0.737. The van der Waals surface area contributed by atoms with Crippen LogP contribution in [0.4, 0.5) is 0 Å². The molecule has 1 aliphatic heterocycles. The molecule has 6 nitrogen and oxygen atoms in total. The lowest BCUT2D eigenvalue weighted by molar-refractivity contribution is -0.903. The summed E-state index contributed by atoms with van der Waals surface area (Å²) in [4.78, 5) is 25.8. The second-order valence-electron chi connectivity index (χ2n) is 6.30. The van der Waals surface area contributed by atoms with Crippen molar-refractivity contribution < 1.29 is 24.3 Å². The van der Waals surface area contributed by atoms with Crippen LogP contribution in [0.25, 0.3) is 10.8 Å². The van der Waals surface area contributed by atoms with Gasteiger partial charge >= 0.3 is 0 Å². The largest absolute Gasteiger partial charge is 0.550 e. The Labute approximate surface area is 146 Å². The van der Waals surface area contributed by atoms with Gasteiger partial charge in [0.1, 0.15) is 5.75 Å². The van der Waals surface area contributed by atoms with E-state index in [0.29, 0.717) is 25.4 Å². The maximum absolute atomic E-state index is 12.3. The molecule has 1 aliphatic rings. The minimum atomic E-state index is -1.02. The first-order chi connectivity index (χ1) is 12.1. The van der Waals surface area contributed by atoms with Gasteiger partial charge in [-0.25, -0.2) is 0 Å². The number of quaternary nitrogens is 1. The third-order valence-electron chi connectivity index (χ3n) is 4.59. The molecule has 25 heavy (non-hydrogen) atoms. The lowest BCUT2D eigenvalue weighted by Crippen LogP contribution is -3.15. The number of hydrogen-bond donors (Lipinski definition) is 1. The zero-order valence-electron chi connectivity index (χ0n) is 14.1. The van der Waals surface area contributed by atoms with Gasteiger partial charge in [-0.3, -0.25) is 4.79 Å². The molecule has 2 aromatic carbocycles. The highest BCUT2D eigenvalue weighted by Gasteiger charge is 2.23. The number of fused-ring (bicyclic) bond motifs is 1. The molecular formula is C19H22N2O4. The fourth-order valence-corrected chi connectivity index (χ4v) is 3.09. The Hall–Kier alpha value is -2.60. The standard InChI is InChI=1S/C19H22N2O4/c22-18(21-11-9-20(10-12-21)8-7-19(23)24)14-25-17-6-5-15-3-1-2-4-16(15)13-17/h1-6,13H,7-12,14H2,(H,23,24). The lowest BCUT2D eigenvalue weighted by Gasteiger charge is -2.32. The first-order valence-electron chi connectivity index (χ1n) is 8.54. The van der Waals surface area contributed by atoms with Crippen molar-refractivity contribution in [2.45, 2.75) is 6.42 Å². The van der Waals surface area contributed by atoms with E-state index in [1.165, 1.54) is 4.90 Å². The summed E-state index contributed by atoms with van der Waals surface area (Å²) < 4.78 is 5.65. The van der Waals surface area contributed by atoms with Crippen LogP contribution in [0.5, 0.6) is 5.75 Å². The van der Waals surface area contributed by atoms with Crippen molar-refractivity contribution in [3.05, 3.63) is 42.5 Å². The SMILES string of the molecule is O=C([O-])CC[NH+]1CCN(C(=O)COc2ccc3ccccc3c2)CC1. The van der Waals surface area contributed by atoms with E-state index in [2.05, 4.69) is 0 Å². The van der Waals surface area contributed by atoms with Crippen LogP contribution >= 0.6 is 0 Å². The number of carbonyl (C=O) groups excluding carboxylic acids is 2. The van der Waals surface area contributed by atoms with Gasteiger partial charge in [0, 0.05) is 12.4 Å². The molecule has 2 aromatic rings. The zero-order valence-corrected chi connectivity index (χ0v) is 14.1. The summed E-state index contributed by atoms with van der Waals surface area (Å²) in [6.45, 7) is 3.35. The Bertz CT molecular complexity index is 754. The van der Waals surface area contributed by atoms with Gasteiger partial charge in [-0.05, 0) is 22.9 Å². The number of ether oxygens (including phenoxy) is 1. The normalized spacial score (nSPS) is 15.3. The van der Waals surface area contributed by atoms with E-state index in [9.17, 15) is 14.7 Å². The molecule has 0 saturated carbocycles. The highest BCUT2D eigenvalue weighted by atomic mass is 16.5. The Kier molecular flexibility index (Phi) is 5.50. The zero-order chi connectivity index (χ0) is 17.6. The van der Waals surface area contributed by atoms with Gasteiger partial charge in [0.2, 0.25) is 0 Å². The van der Waals surface area contributed by atoms with E-state index in [0.717, 1.165) is 23.9 Å². The molecule has 0 radical (unpaired) electrons.